The van der Waals surface area contributed by atoms with Crippen molar-refractivity contribution < 1.29 is 4.79 Å². The van der Waals surface area contributed by atoms with E-state index in [0.717, 1.165) is 44.2 Å². The van der Waals surface area contributed by atoms with Gasteiger partial charge < -0.3 is 9.88 Å². The van der Waals surface area contributed by atoms with Crippen molar-refractivity contribution in [3.63, 3.8) is 0 Å². The zero-order valence-electron chi connectivity index (χ0n) is 17.6. The van der Waals surface area contributed by atoms with Crippen molar-refractivity contribution in [2.24, 2.45) is 0 Å². The van der Waals surface area contributed by atoms with Crippen LogP contribution in [0.2, 0.25) is 0 Å². The number of aryl methyl sites for hydroxylation is 2. The van der Waals surface area contributed by atoms with E-state index in [0.29, 0.717) is 18.5 Å². The van der Waals surface area contributed by atoms with E-state index in [1.165, 1.54) is 16.7 Å². The number of hydrogen-bond donors (Lipinski definition) is 1. The third-order valence-electron chi connectivity index (χ3n) is 5.65. The molecule has 7 heteroatoms. The Hall–Kier alpha value is -3.06. The fourth-order valence-corrected chi connectivity index (χ4v) is 3.87. The topological polar surface area (TPSA) is 75.9 Å². The second-order valence-electron chi connectivity index (χ2n) is 7.89. The van der Waals surface area contributed by atoms with E-state index in [4.69, 9.17) is 0 Å². The Kier molecular flexibility index (Phi) is 6.18. The van der Waals surface area contributed by atoms with Gasteiger partial charge in [0.25, 0.3) is 5.91 Å². The van der Waals surface area contributed by atoms with Gasteiger partial charge in [-0.15, -0.1) is 10.2 Å². The average molecular weight is 405 g/mol. The molecule has 0 radical (unpaired) electrons. The Morgan fingerprint density at radius 2 is 2.03 bits per heavy atom. The summed E-state index contributed by atoms with van der Waals surface area (Å²) >= 11 is 0. The van der Waals surface area contributed by atoms with Crippen LogP contribution < -0.4 is 5.32 Å². The van der Waals surface area contributed by atoms with Gasteiger partial charge in [-0.3, -0.25) is 14.7 Å². The zero-order chi connectivity index (χ0) is 20.9. The molecular weight excluding hydrogens is 376 g/mol. The second-order valence-corrected chi connectivity index (χ2v) is 7.89. The number of carbonyl (C=O) groups excluding carboxylic acids is 1. The molecule has 0 fully saturated rings. The molecule has 0 unspecified atom stereocenters. The van der Waals surface area contributed by atoms with Gasteiger partial charge in [0.2, 0.25) is 0 Å². The highest BCUT2D eigenvalue weighted by molar-refractivity contribution is 5.93. The largest absolute Gasteiger partial charge is 0.352 e. The molecule has 1 aliphatic rings. The average Bonchev–Trinajstić information content (AvgIpc) is 3.03. The zero-order valence-corrected chi connectivity index (χ0v) is 17.6. The number of nitrogens with one attached hydrogen (secondary N) is 1. The molecule has 1 aromatic carbocycles. The molecule has 1 N–H and O–H groups in total. The Balaban J connectivity index is 1.33. The summed E-state index contributed by atoms with van der Waals surface area (Å²) in [6, 6.07) is 10.2. The summed E-state index contributed by atoms with van der Waals surface area (Å²) in [5, 5.41) is 11.7. The van der Waals surface area contributed by atoms with Crippen LogP contribution in [0.5, 0.6) is 0 Å². The quantitative estimate of drug-likeness (QED) is 0.682. The Labute approximate surface area is 177 Å². The number of rotatable bonds is 6. The lowest BCUT2D eigenvalue weighted by Crippen LogP contribution is -2.28. The lowest BCUT2D eigenvalue weighted by Gasteiger charge is -2.21. The smallest absolute Gasteiger partial charge is 0.252 e. The van der Waals surface area contributed by atoms with Crippen molar-refractivity contribution in [2.75, 3.05) is 19.6 Å². The summed E-state index contributed by atoms with van der Waals surface area (Å²) in [5.74, 6) is 1.86. The summed E-state index contributed by atoms with van der Waals surface area (Å²) in [7, 11) is 0. The highest BCUT2D eigenvalue weighted by Gasteiger charge is 2.19. The van der Waals surface area contributed by atoms with Gasteiger partial charge in [0.15, 0.2) is 0 Å². The van der Waals surface area contributed by atoms with Crippen molar-refractivity contribution in [3.8, 4) is 0 Å². The van der Waals surface area contributed by atoms with Crippen LogP contribution in [0.25, 0.3) is 0 Å². The van der Waals surface area contributed by atoms with Crippen LogP contribution in [0.4, 0.5) is 0 Å². The Bertz CT molecular complexity index is 1010. The van der Waals surface area contributed by atoms with Crippen LogP contribution in [0.15, 0.2) is 42.7 Å². The molecule has 0 bridgehead atoms. The van der Waals surface area contributed by atoms with Crippen LogP contribution in [-0.4, -0.2) is 50.2 Å². The summed E-state index contributed by atoms with van der Waals surface area (Å²) in [4.78, 5) is 18.7. The predicted molar refractivity (Wildman–Crippen MR) is 115 cm³/mol. The number of carbonyl (C=O) groups is 1. The van der Waals surface area contributed by atoms with E-state index >= 15 is 0 Å². The first-order valence-corrected chi connectivity index (χ1v) is 10.5. The van der Waals surface area contributed by atoms with Crippen molar-refractivity contribution in [1.82, 2.24) is 30.0 Å². The first kappa shape index (κ1) is 20.2. The number of aromatic nitrogens is 4. The molecule has 0 atom stereocenters. The lowest BCUT2D eigenvalue weighted by molar-refractivity contribution is 0.0953. The van der Waals surface area contributed by atoms with E-state index < -0.39 is 0 Å². The van der Waals surface area contributed by atoms with E-state index in [1.54, 1.807) is 24.5 Å². The van der Waals surface area contributed by atoms with Gasteiger partial charge in [-0.05, 0) is 37.1 Å². The normalized spacial score (nSPS) is 14.2. The molecule has 0 saturated carbocycles. The minimum Gasteiger partial charge on any atom is -0.352 e. The molecule has 0 spiro atoms. The van der Waals surface area contributed by atoms with E-state index in [-0.39, 0.29) is 5.91 Å². The molecular formula is C23H28N6O. The van der Waals surface area contributed by atoms with E-state index in [1.807, 2.05) is 0 Å². The molecule has 30 heavy (non-hydrogen) atoms. The van der Waals surface area contributed by atoms with E-state index in [9.17, 15) is 4.79 Å². The third-order valence-corrected chi connectivity index (χ3v) is 5.65. The summed E-state index contributed by atoms with van der Waals surface area (Å²) in [6.45, 7) is 8.63. The molecule has 156 valence electrons. The molecule has 1 aliphatic heterocycles. The monoisotopic (exact) mass is 404 g/mol. The van der Waals surface area contributed by atoms with Gasteiger partial charge in [-0.2, -0.15) is 0 Å². The fraction of sp³-hybridized carbons (Fsp3) is 0.391. The van der Waals surface area contributed by atoms with Crippen LogP contribution in [0, 0.1) is 13.8 Å². The van der Waals surface area contributed by atoms with Gasteiger partial charge >= 0.3 is 0 Å². The van der Waals surface area contributed by atoms with Crippen LogP contribution in [0.1, 0.15) is 38.7 Å². The summed E-state index contributed by atoms with van der Waals surface area (Å²) in [6.07, 6.45) is 4.78. The van der Waals surface area contributed by atoms with Gasteiger partial charge in [-0.25, -0.2) is 0 Å². The van der Waals surface area contributed by atoms with Crippen molar-refractivity contribution >= 4 is 5.91 Å². The number of hydrogen-bond acceptors (Lipinski definition) is 5. The number of nitrogens with zero attached hydrogens (tertiary/aromatic N) is 5. The Morgan fingerprint density at radius 3 is 2.87 bits per heavy atom. The maximum absolute atomic E-state index is 12.2. The minimum absolute atomic E-state index is 0.113. The summed E-state index contributed by atoms with van der Waals surface area (Å²) in [5.41, 5.74) is 4.61. The van der Waals surface area contributed by atoms with Gasteiger partial charge in [0, 0.05) is 58.0 Å². The molecule has 1 amide bonds. The van der Waals surface area contributed by atoms with Crippen LogP contribution in [0.3, 0.4) is 0 Å². The van der Waals surface area contributed by atoms with E-state index in [2.05, 4.69) is 62.0 Å². The second kappa shape index (κ2) is 9.17. The SMILES string of the molecule is Cc1ccc(C)c(CN2CCc3nnc(CCNC(=O)c4cccnc4)n3CC2)c1. The number of fused-ring (bicyclic) bond motifs is 1. The molecule has 7 nitrogen and oxygen atoms in total. The number of benzene rings is 1. The van der Waals surface area contributed by atoms with Gasteiger partial charge in [0.05, 0.1) is 5.56 Å². The molecule has 3 heterocycles. The molecule has 0 aliphatic carbocycles. The Morgan fingerprint density at radius 1 is 1.13 bits per heavy atom. The van der Waals surface area contributed by atoms with Crippen LogP contribution >= 0.6 is 0 Å². The first-order valence-electron chi connectivity index (χ1n) is 10.5. The number of amides is 1. The maximum Gasteiger partial charge on any atom is 0.252 e. The molecule has 0 saturated heterocycles. The van der Waals surface area contributed by atoms with Gasteiger partial charge in [0.1, 0.15) is 11.6 Å². The predicted octanol–water partition coefficient (Wildman–Crippen LogP) is 2.32. The standard InChI is InChI=1S/C23H28N6O/c1-17-5-6-18(2)20(14-17)16-28-11-8-22-27-26-21(29(22)13-12-28)7-10-25-23(30)19-4-3-9-24-15-19/h3-6,9,14-15H,7-8,10-13,16H2,1-2H3,(H,25,30). The lowest BCUT2D eigenvalue weighted by atomic mass is 10.1. The minimum atomic E-state index is -0.113. The van der Waals surface area contributed by atoms with Crippen molar-refractivity contribution in [2.45, 2.75) is 39.8 Å². The third kappa shape index (κ3) is 4.74. The van der Waals surface area contributed by atoms with Crippen LogP contribution in [-0.2, 0) is 25.9 Å². The molecule has 3 aromatic rings. The number of pyridine rings is 1. The molecule has 2 aromatic heterocycles. The molecule has 4 rings (SSSR count). The van der Waals surface area contributed by atoms with Gasteiger partial charge in [-0.1, -0.05) is 23.8 Å². The van der Waals surface area contributed by atoms with Crippen molar-refractivity contribution in [3.05, 3.63) is 76.6 Å². The fourth-order valence-electron chi connectivity index (χ4n) is 3.87. The van der Waals surface area contributed by atoms with Crippen molar-refractivity contribution in [1.29, 1.82) is 0 Å². The maximum atomic E-state index is 12.2. The highest BCUT2D eigenvalue weighted by Crippen LogP contribution is 2.16. The summed E-state index contributed by atoms with van der Waals surface area (Å²) < 4.78 is 2.22. The highest BCUT2D eigenvalue weighted by atomic mass is 16.1. The first-order chi connectivity index (χ1) is 14.6.